The molecule has 0 radical (unpaired) electrons. The van der Waals surface area contributed by atoms with Gasteiger partial charge < -0.3 is 9.64 Å². The van der Waals surface area contributed by atoms with Crippen molar-refractivity contribution in [3.05, 3.63) is 58.0 Å². The predicted molar refractivity (Wildman–Crippen MR) is 91.8 cm³/mol. The van der Waals surface area contributed by atoms with Gasteiger partial charge in [-0.3, -0.25) is 0 Å². The van der Waals surface area contributed by atoms with Gasteiger partial charge in [0.15, 0.2) is 0 Å². The van der Waals surface area contributed by atoms with Crippen LogP contribution in [0.4, 0.5) is 5.13 Å². The second-order valence-electron chi connectivity index (χ2n) is 4.87. The fourth-order valence-corrected chi connectivity index (χ4v) is 3.63. The maximum absolute atomic E-state index is 5.47. The van der Waals surface area contributed by atoms with Gasteiger partial charge in [-0.05, 0) is 24.4 Å². The molecule has 22 heavy (non-hydrogen) atoms. The number of anilines is 1. The largest absolute Gasteiger partial charge is 0.496 e. The molecule has 2 heterocycles. The number of methoxy groups -OCH3 is 1. The van der Waals surface area contributed by atoms with E-state index < -0.39 is 0 Å². The van der Waals surface area contributed by atoms with Crippen molar-refractivity contribution in [1.82, 2.24) is 9.36 Å². The Balaban J connectivity index is 1.88. The zero-order valence-electron chi connectivity index (χ0n) is 12.5. The van der Waals surface area contributed by atoms with Gasteiger partial charge in [0.05, 0.1) is 13.7 Å². The van der Waals surface area contributed by atoms with E-state index in [9.17, 15) is 0 Å². The molecule has 0 amide bonds. The van der Waals surface area contributed by atoms with E-state index in [0.29, 0.717) is 0 Å². The standard InChI is InChI=1S/C16H17N3OS2/c1-12-17-16(22-18-12)19(11-14-7-5-9-21-14)10-13-6-3-4-8-15(13)20-2/h3-9H,10-11H2,1-2H3. The van der Waals surface area contributed by atoms with E-state index in [2.05, 4.69) is 37.8 Å². The lowest BCUT2D eigenvalue weighted by Crippen LogP contribution is -2.21. The summed E-state index contributed by atoms with van der Waals surface area (Å²) in [5, 5.41) is 3.04. The summed E-state index contributed by atoms with van der Waals surface area (Å²) in [5.41, 5.74) is 1.15. The molecule has 0 aliphatic rings. The molecule has 0 aliphatic carbocycles. The van der Waals surface area contributed by atoms with Gasteiger partial charge in [0.2, 0.25) is 5.13 Å². The Hall–Kier alpha value is -1.92. The highest BCUT2D eigenvalue weighted by molar-refractivity contribution is 7.10. The molecule has 0 bridgehead atoms. The van der Waals surface area contributed by atoms with Crippen LogP contribution in [0.3, 0.4) is 0 Å². The van der Waals surface area contributed by atoms with Crippen LogP contribution in [-0.2, 0) is 13.1 Å². The number of rotatable bonds is 6. The Morgan fingerprint density at radius 2 is 2.00 bits per heavy atom. The van der Waals surface area contributed by atoms with E-state index in [0.717, 1.165) is 35.4 Å². The minimum Gasteiger partial charge on any atom is -0.496 e. The van der Waals surface area contributed by atoms with E-state index in [1.807, 2.05) is 25.1 Å². The van der Waals surface area contributed by atoms with Crippen LogP contribution in [0.5, 0.6) is 5.75 Å². The van der Waals surface area contributed by atoms with E-state index in [1.54, 1.807) is 18.4 Å². The van der Waals surface area contributed by atoms with Crippen LogP contribution < -0.4 is 9.64 Å². The highest BCUT2D eigenvalue weighted by Crippen LogP contribution is 2.26. The minimum atomic E-state index is 0.747. The summed E-state index contributed by atoms with van der Waals surface area (Å²) >= 11 is 3.20. The number of thiophene rings is 1. The van der Waals surface area contributed by atoms with Crippen LogP contribution in [0.1, 0.15) is 16.3 Å². The first-order chi connectivity index (χ1) is 10.8. The molecule has 0 atom stereocenters. The fourth-order valence-electron chi connectivity index (χ4n) is 2.24. The van der Waals surface area contributed by atoms with Crippen LogP contribution in [0.25, 0.3) is 0 Å². The Morgan fingerprint density at radius 3 is 2.68 bits per heavy atom. The van der Waals surface area contributed by atoms with Gasteiger partial charge in [-0.1, -0.05) is 24.3 Å². The molecule has 4 nitrogen and oxygen atoms in total. The number of aryl methyl sites for hydroxylation is 1. The Labute approximate surface area is 138 Å². The monoisotopic (exact) mass is 331 g/mol. The number of nitrogens with zero attached hydrogens (tertiary/aromatic N) is 3. The molecular formula is C16H17N3OS2. The Kier molecular flexibility index (Phi) is 4.70. The predicted octanol–water partition coefficient (Wildman–Crippen LogP) is 4.12. The van der Waals surface area contributed by atoms with Crippen LogP contribution in [0.2, 0.25) is 0 Å². The van der Waals surface area contributed by atoms with Crippen LogP contribution >= 0.6 is 22.9 Å². The van der Waals surface area contributed by atoms with Gasteiger partial charge in [-0.25, -0.2) is 4.98 Å². The number of aromatic nitrogens is 2. The lowest BCUT2D eigenvalue weighted by Gasteiger charge is -2.22. The fraction of sp³-hybridized carbons (Fsp3) is 0.250. The van der Waals surface area contributed by atoms with Crippen LogP contribution in [0.15, 0.2) is 41.8 Å². The molecular weight excluding hydrogens is 314 g/mol. The molecule has 0 N–H and O–H groups in total. The van der Waals surface area contributed by atoms with Gasteiger partial charge in [-0.2, -0.15) is 4.37 Å². The van der Waals surface area contributed by atoms with Gasteiger partial charge in [-0.15, -0.1) is 11.3 Å². The first-order valence-electron chi connectivity index (χ1n) is 6.96. The Morgan fingerprint density at radius 1 is 1.14 bits per heavy atom. The SMILES string of the molecule is COc1ccccc1CN(Cc1cccs1)c1nc(C)ns1. The summed E-state index contributed by atoms with van der Waals surface area (Å²) in [7, 11) is 1.71. The summed E-state index contributed by atoms with van der Waals surface area (Å²) in [6.45, 7) is 3.49. The van der Waals surface area contributed by atoms with Crippen molar-refractivity contribution < 1.29 is 4.74 Å². The summed E-state index contributed by atoms with van der Waals surface area (Å²) in [6, 6.07) is 12.3. The summed E-state index contributed by atoms with van der Waals surface area (Å²) in [5.74, 6) is 1.72. The third-order valence-corrected chi connectivity index (χ3v) is 5.00. The lowest BCUT2D eigenvalue weighted by molar-refractivity contribution is 0.409. The molecule has 3 rings (SSSR count). The minimum absolute atomic E-state index is 0.747. The first kappa shape index (κ1) is 15.0. The molecule has 0 spiro atoms. The quantitative estimate of drug-likeness (QED) is 0.681. The van der Waals surface area contributed by atoms with E-state index in [-0.39, 0.29) is 0 Å². The number of ether oxygens (including phenoxy) is 1. The van der Waals surface area contributed by atoms with Crippen molar-refractivity contribution in [1.29, 1.82) is 0 Å². The molecule has 6 heteroatoms. The topological polar surface area (TPSA) is 38.2 Å². The third-order valence-electron chi connectivity index (χ3n) is 3.27. The van der Waals surface area contributed by atoms with E-state index >= 15 is 0 Å². The van der Waals surface area contributed by atoms with Gasteiger partial charge in [0, 0.05) is 28.5 Å². The van der Waals surface area contributed by atoms with Crippen LogP contribution in [0, 0.1) is 6.92 Å². The average Bonchev–Trinajstić information content (AvgIpc) is 3.18. The van der Waals surface area contributed by atoms with Crippen molar-refractivity contribution in [2.45, 2.75) is 20.0 Å². The third kappa shape index (κ3) is 3.45. The number of para-hydroxylation sites is 1. The smallest absolute Gasteiger partial charge is 0.205 e. The lowest BCUT2D eigenvalue weighted by atomic mass is 10.2. The second kappa shape index (κ2) is 6.89. The van der Waals surface area contributed by atoms with Crippen molar-refractivity contribution in [2.24, 2.45) is 0 Å². The first-order valence-corrected chi connectivity index (χ1v) is 8.61. The number of hydrogen-bond donors (Lipinski definition) is 0. The second-order valence-corrected chi connectivity index (χ2v) is 6.63. The normalized spacial score (nSPS) is 10.6. The zero-order chi connectivity index (χ0) is 15.4. The van der Waals surface area contributed by atoms with E-state index in [1.165, 1.54) is 16.4 Å². The summed E-state index contributed by atoms with van der Waals surface area (Å²) < 4.78 is 9.78. The summed E-state index contributed by atoms with van der Waals surface area (Å²) in [4.78, 5) is 8.09. The maximum atomic E-state index is 5.47. The highest BCUT2D eigenvalue weighted by atomic mass is 32.1. The molecule has 0 fully saturated rings. The van der Waals surface area contributed by atoms with Crippen molar-refractivity contribution >= 4 is 28.0 Å². The molecule has 1 aromatic carbocycles. The van der Waals surface area contributed by atoms with Crippen molar-refractivity contribution in [2.75, 3.05) is 12.0 Å². The molecule has 0 unspecified atom stereocenters. The molecule has 0 saturated carbocycles. The molecule has 3 aromatic rings. The average molecular weight is 331 g/mol. The number of hydrogen-bond acceptors (Lipinski definition) is 6. The van der Waals surface area contributed by atoms with Gasteiger partial charge >= 0.3 is 0 Å². The molecule has 2 aromatic heterocycles. The van der Waals surface area contributed by atoms with Crippen molar-refractivity contribution in [3.63, 3.8) is 0 Å². The Bertz CT molecular complexity index is 725. The molecule has 114 valence electrons. The van der Waals surface area contributed by atoms with Gasteiger partial charge in [0.1, 0.15) is 11.6 Å². The molecule has 0 aliphatic heterocycles. The number of benzene rings is 1. The van der Waals surface area contributed by atoms with Gasteiger partial charge in [0.25, 0.3) is 0 Å². The zero-order valence-corrected chi connectivity index (χ0v) is 14.2. The maximum Gasteiger partial charge on any atom is 0.205 e. The van der Waals surface area contributed by atoms with Crippen molar-refractivity contribution in [3.8, 4) is 5.75 Å². The molecule has 0 saturated heterocycles. The van der Waals surface area contributed by atoms with E-state index in [4.69, 9.17) is 4.74 Å². The van der Waals surface area contributed by atoms with Crippen LogP contribution in [-0.4, -0.2) is 16.5 Å². The summed E-state index contributed by atoms with van der Waals surface area (Å²) in [6.07, 6.45) is 0. The highest BCUT2D eigenvalue weighted by Gasteiger charge is 2.15.